The van der Waals surface area contributed by atoms with Crippen LogP contribution in [0, 0.1) is 3.57 Å². The van der Waals surface area contributed by atoms with Gasteiger partial charge in [0.15, 0.2) is 5.43 Å². The van der Waals surface area contributed by atoms with Gasteiger partial charge in [-0.3, -0.25) is 9.59 Å². The highest BCUT2D eigenvalue weighted by Gasteiger charge is 2.17. The van der Waals surface area contributed by atoms with Crippen LogP contribution in [-0.2, 0) is 11.3 Å². The van der Waals surface area contributed by atoms with Crippen molar-refractivity contribution in [1.82, 2.24) is 4.57 Å². The average Bonchev–Trinajstić information content (AvgIpc) is 2.53. The number of hydrogen-bond acceptors (Lipinski definition) is 3. The third kappa shape index (κ3) is 2.78. The predicted molar refractivity (Wildman–Crippen MR) is 102 cm³/mol. The lowest BCUT2D eigenvalue weighted by Gasteiger charge is -2.16. The number of aromatic nitrogens is 1. The van der Waals surface area contributed by atoms with Crippen LogP contribution in [-0.4, -0.2) is 20.7 Å². The average molecular weight is 458 g/mol. The second-order valence-corrected chi connectivity index (χ2v) is 7.01. The van der Waals surface area contributed by atoms with E-state index in [1.807, 2.05) is 22.6 Å². The second kappa shape index (κ2) is 6.34. The minimum atomic E-state index is -1.03. The van der Waals surface area contributed by atoms with Gasteiger partial charge in [0.2, 0.25) is 0 Å². The van der Waals surface area contributed by atoms with Gasteiger partial charge < -0.3 is 14.8 Å². The number of aliphatic carboxylic acids is 1. The van der Waals surface area contributed by atoms with E-state index in [2.05, 4.69) is 0 Å². The molecule has 0 spiro atoms. The van der Waals surface area contributed by atoms with Gasteiger partial charge in [-0.25, -0.2) is 0 Å². The number of benzene rings is 2. The number of pyridine rings is 1. The van der Waals surface area contributed by atoms with Crippen LogP contribution in [0.2, 0.25) is 5.02 Å². The van der Waals surface area contributed by atoms with Gasteiger partial charge in [0.05, 0.1) is 25.7 Å². The molecule has 0 aliphatic rings. The summed E-state index contributed by atoms with van der Waals surface area (Å²) in [6, 6.07) is 8.20. The number of carbonyl (C=O) groups is 1. The molecule has 1 atom stereocenters. The molecular weight excluding hydrogens is 445 g/mol. The number of nitrogens with zero attached hydrogens (tertiary/aromatic N) is 1. The van der Waals surface area contributed by atoms with Crippen LogP contribution < -0.4 is 5.43 Å². The van der Waals surface area contributed by atoms with Crippen molar-refractivity contribution in [3.63, 3.8) is 0 Å². The fraction of sp³-hybridized carbons (Fsp3) is 0.176. The van der Waals surface area contributed by atoms with Crippen LogP contribution in [0.5, 0.6) is 0 Å². The highest BCUT2D eigenvalue weighted by Crippen LogP contribution is 2.30. The van der Waals surface area contributed by atoms with E-state index in [1.165, 1.54) is 0 Å². The number of aliphatic hydroxyl groups is 1. The Morgan fingerprint density at radius 2 is 1.96 bits per heavy atom. The van der Waals surface area contributed by atoms with Gasteiger partial charge in [0.1, 0.15) is 6.54 Å². The van der Waals surface area contributed by atoms with Crippen molar-refractivity contribution in [2.45, 2.75) is 19.6 Å². The molecule has 1 aromatic heterocycles. The first-order valence-electron chi connectivity index (χ1n) is 7.15. The zero-order valence-corrected chi connectivity index (χ0v) is 15.5. The van der Waals surface area contributed by atoms with Crippen LogP contribution in [0.4, 0.5) is 0 Å². The van der Waals surface area contributed by atoms with Gasteiger partial charge in [-0.1, -0.05) is 17.7 Å². The number of fused-ring (bicyclic) bond motifs is 2. The SMILES string of the molecule is CC(O)c1ccc2c(=O)c3ccc(Cl)c(I)c3n(CC(=O)O)c2c1. The van der Waals surface area contributed by atoms with E-state index < -0.39 is 12.1 Å². The minimum absolute atomic E-state index is 0.187. The molecule has 1 unspecified atom stereocenters. The second-order valence-electron chi connectivity index (χ2n) is 5.52. The van der Waals surface area contributed by atoms with E-state index in [0.29, 0.717) is 36.0 Å². The van der Waals surface area contributed by atoms with Crippen molar-refractivity contribution in [3.8, 4) is 0 Å². The molecule has 3 aromatic rings. The lowest BCUT2D eigenvalue weighted by atomic mass is 10.0. The Bertz CT molecular complexity index is 1040. The Balaban J connectivity index is 2.58. The van der Waals surface area contributed by atoms with Crippen LogP contribution in [0.15, 0.2) is 35.1 Å². The van der Waals surface area contributed by atoms with E-state index in [4.69, 9.17) is 11.6 Å². The van der Waals surface area contributed by atoms with Crippen molar-refractivity contribution < 1.29 is 15.0 Å². The van der Waals surface area contributed by atoms with E-state index in [-0.39, 0.29) is 12.0 Å². The molecule has 124 valence electrons. The molecular formula is C17H13ClINO4. The van der Waals surface area contributed by atoms with E-state index in [0.717, 1.165) is 0 Å². The Hall–Kier alpha value is -1.64. The summed E-state index contributed by atoms with van der Waals surface area (Å²) in [7, 11) is 0. The molecule has 0 saturated heterocycles. The molecule has 0 amide bonds. The summed E-state index contributed by atoms with van der Waals surface area (Å²) < 4.78 is 2.18. The van der Waals surface area contributed by atoms with Crippen molar-refractivity contribution in [2.24, 2.45) is 0 Å². The topological polar surface area (TPSA) is 79.5 Å². The van der Waals surface area contributed by atoms with Gasteiger partial charge >= 0.3 is 5.97 Å². The first-order chi connectivity index (χ1) is 11.3. The molecule has 0 aliphatic heterocycles. The van der Waals surface area contributed by atoms with Crippen LogP contribution in [0.3, 0.4) is 0 Å². The molecule has 0 fully saturated rings. The summed E-state index contributed by atoms with van der Waals surface area (Å²) in [6.07, 6.45) is -0.725. The van der Waals surface area contributed by atoms with Gasteiger partial charge in [-0.05, 0) is 59.3 Å². The summed E-state index contributed by atoms with van der Waals surface area (Å²) in [4.78, 5) is 24.2. The van der Waals surface area contributed by atoms with Gasteiger partial charge in [-0.2, -0.15) is 0 Å². The molecule has 2 N–H and O–H groups in total. The van der Waals surface area contributed by atoms with Crippen molar-refractivity contribution in [3.05, 3.63) is 54.7 Å². The van der Waals surface area contributed by atoms with Gasteiger partial charge in [-0.15, -0.1) is 0 Å². The number of carboxylic acid groups (broad SMARTS) is 1. The third-order valence-corrected chi connectivity index (χ3v) is 5.64. The lowest BCUT2D eigenvalue weighted by Crippen LogP contribution is -2.17. The molecule has 2 aromatic carbocycles. The summed E-state index contributed by atoms with van der Waals surface area (Å²) >= 11 is 8.18. The maximum absolute atomic E-state index is 12.8. The molecule has 0 radical (unpaired) electrons. The third-order valence-electron chi connectivity index (χ3n) is 3.92. The number of hydrogen-bond donors (Lipinski definition) is 2. The summed E-state index contributed by atoms with van der Waals surface area (Å²) in [5.74, 6) is -1.03. The Kier molecular flexibility index (Phi) is 4.54. The maximum Gasteiger partial charge on any atom is 0.323 e. The Labute approximate surface area is 155 Å². The van der Waals surface area contributed by atoms with Crippen LogP contribution in [0.1, 0.15) is 18.6 Å². The first kappa shape index (κ1) is 17.2. The summed E-state index contributed by atoms with van der Waals surface area (Å²) in [5.41, 5.74) is 1.38. The number of aliphatic hydroxyl groups excluding tert-OH is 1. The number of rotatable bonds is 3. The highest BCUT2D eigenvalue weighted by molar-refractivity contribution is 14.1. The first-order valence-corrected chi connectivity index (χ1v) is 8.61. The normalized spacial score (nSPS) is 12.7. The molecule has 0 bridgehead atoms. The lowest BCUT2D eigenvalue weighted by molar-refractivity contribution is -0.137. The van der Waals surface area contributed by atoms with Gasteiger partial charge in [0, 0.05) is 10.8 Å². The van der Waals surface area contributed by atoms with Crippen molar-refractivity contribution >= 4 is 62.0 Å². The fourth-order valence-corrected chi connectivity index (χ4v) is 3.69. The largest absolute Gasteiger partial charge is 0.480 e. The summed E-state index contributed by atoms with van der Waals surface area (Å²) in [5, 5.41) is 20.4. The predicted octanol–water partition coefficient (Wildman–Crippen LogP) is 3.55. The molecule has 5 nitrogen and oxygen atoms in total. The summed E-state index contributed by atoms with van der Waals surface area (Å²) in [6.45, 7) is 1.30. The quantitative estimate of drug-likeness (QED) is 0.466. The fourth-order valence-electron chi connectivity index (χ4n) is 2.78. The maximum atomic E-state index is 12.8. The molecule has 7 heteroatoms. The minimum Gasteiger partial charge on any atom is -0.480 e. The van der Waals surface area contributed by atoms with E-state index >= 15 is 0 Å². The Morgan fingerprint density at radius 1 is 1.29 bits per heavy atom. The molecule has 0 saturated carbocycles. The number of halogens is 2. The molecule has 3 rings (SSSR count). The van der Waals surface area contributed by atoms with Crippen LogP contribution in [0.25, 0.3) is 21.8 Å². The monoisotopic (exact) mass is 457 g/mol. The molecule has 1 heterocycles. The smallest absolute Gasteiger partial charge is 0.323 e. The zero-order chi connectivity index (χ0) is 17.6. The van der Waals surface area contributed by atoms with E-state index in [9.17, 15) is 19.8 Å². The molecule has 24 heavy (non-hydrogen) atoms. The highest BCUT2D eigenvalue weighted by atomic mass is 127. The van der Waals surface area contributed by atoms with Gasteiger partial charge in [0.25, 0.3) is 0 Å². The van der Waals surface area contributed by atoms with E-state index in [1.54, 1.807) is 41.8 Å². The number of carboxylic acids is 1. The van der Waals surface area contributed by atoms with Crippen molar-refractivity contribution in [2.75, 3.05) is 0 Å². The molecule has 0 aliphatic carbocycles. The standard InChI is InChI=1S/C17H13ClINO4/c1-8(21)9-2-3-10-13(6-9)20(7-14(22)23)16-11(17(10)24)4-5-12(18)15(16)19/h2-6,8,21H,7H2,1H3,(H,22,23). The van der Waals surface area contributed by atoms with Crippen LogP contribution >= 0.6 is 34.2 Å². The Morgan fingerprint density at radius 3 is 2.58 bits per heavy atom. The van der Waals surface area contributed by atoms with Crippen molar-refractivity contribution in [1.29, 1.82) is 0 Å². The zero-order valence-electron chi connectivity index (χ0n) is 12.6.